The molecule has 49 heavy (non-hydrogen) atoms. The second kappa shape index (κ2) is 19.0. The van der Waals surface area contributed by atoms with Crippen LogP contribution in [0.5, 0.6) is 11.5 Å². The zero-order valence-corrected chi connectivity index (χ0v) is 26.3. The van der Waals surface area contributed by atoms with Gasteiger partial charge in [0.05, 0.1) is 6.61 Å². The van der Waals surface area contributed by atoms with Gasteiger partial charge in [0.2, 0.25) is 0 Å². The Bertz CT molecular complexity index is 1650. The van der Waals surface area contributed by atoms with Crippen LogP contribution in [0.25, 0.3) is 0 Å². The molecule has 1 amide bonds. The Hall–Kier alpha value is -5.92. The predicted octanol–water partition coefficient (Wildman–Crippen LogP) is 4.85. The molecule has 0 aromatic heterocycles. The van der Waals surface area contributed by atoms with Crippen molar-refractivity contribution in [2.24, 2.45) is 0 Å². The van der Waals surface area contributed by atoms with Gasteiger partial charge in [-0.2, -0.15) is 0 Å². The summed E-state index contributed by atoms with van der Waals surface area (Å²) in [7, 11) is 0. The zero-order valence-electron chi connectivity index (χ0n) is 26.3. The van der Waals surface area contributed by atoms with Crippen molar-refractivity contribution in [3.05, 3.63) is 131 Å². The van der Waals surface area contributed by atoms with Crippen LogP contribution in [0.2, 0.25) is 0 Å². The lowest BCUT2D eigenvalue weighted by Gasteiger charge is -2.19. The number of hydrogen-bond donors (Lipinski definition) is 3. The molecule has 0 spiro atoms. The molecule has 0 aliphatic rings. The van der Waals surface area contributed by atoms with Crippen LogP contribution in [0.15, 0.2) is 109 Å². The molecule has 0 aliphatic carbocycles. The third-order valence-electron chi connectivity index (χ3n) is 6.65. The van der Waals surface area contributed by atoms with E-state index in [0.717, 1.165) is 5.56 Å². The van der Waals surface area contributed by atoms with E-state index in [1.54, 1.807) is 78.9 Å². The maximum absolute atomic E-state index is 13.0. The van der Waals surface area contributed by atoms with Crippen LogP contribution < -0.4 is 14.8 Å². The van der Waals surface area contributed by atoms with E-state index in [1.165, 1.54) is 18.2 Å². The van der Waals surface area contributed by atoms with Gasteiger partial charge >= 0.3 is 24.4 Å². The number of benzene rings is 4. The molecule has 0 radical (unpaired) electrons. The Morgan fingerprint density at radius 3 is 1.59 bits per heavy atom. The maximum atomic E-state index is 13.0. The van der Waals surface area contributed by atoms with Crippen molar-refractivity contribution in [1.82, 2.24) is 5.32 Å². The molecule has 0 heterocycles. The van der Waals surface area contributed by atoms with Crippen molar-refractivity contribution in [2.75, 3.05) is 13.2 Å². The van der Waals surface area contributed by atoms with Crippen LogP contribution in [0.3, 0.4) is 0 Å². The molecule has 0 saturated heterocycles. The maximum Gasteiger partial charge on any atom is 0.514 e. The highest BCUT2D eigenvalue weighted by molar-refractivity contribution is 5.82. The van der Waals surface area contributed by atoms with Crippen LogP contribution in [-0.4, -0.2) is 59.9 Å². The molecule has 0 unspecified atom stereocenters. The van der Waals surface area contributed by atoms with Gasteiger partial charge < -0.3 is 44.0 Å². The molecular weight excluding hydrogens is 638 g/mol. The fourth-order valence-corrected chi connectivity index (χ4v) is 4.18. The summed E-state index contributed by atoms with van der Waals surface area (Å²) in [6.45, 7) is -1.44. The van der Waals surface area contributed by atoms with E-state index in [0.29, 0.717) is 16.7 Å². The van der Waals surface area contributed by atoms with Gasteiger partial charge in [0, 0.05) is 6.42 Å². The average Bonchev–Trinajstić information content (AvgIpc) is 3.13. The number of esters is 1. The summed E-state index contributed by atoms with van der Waals surface area (Å²) in [5.41, 5.74) is 2.45. The Labute approximate surface area is 281 Å². The van der Waals surface area contributed by atoms with Crippen molar-refractivity contribution in [1.29, 1.82) is 0 Å². The quantitative estimate of drug-likeness (QED) is 0.0890. The molecule has 0 saturated carbocycles. The molecule has 4 aromatic carbocycles. The average molecular weight is 674 g/mol. The van der Waals surface area contributed by atoms with Gasteiger partial charge in [-0.1, -0.05) is 97.1 Å². The number of rotatable bonds is 15. The van der Waals surface area contributed by atoms with Gasteiger partial charge in [-0.15, -0.1) is 0 Å². The molecule has 13 heteroatoms. The first-order valence-corrected chi connectivity index (χ1v) is 15.1. The number of carbonyl (C=O) groups is 4. The van der Waals surface area contributed by atoms with Gasteiger partial charge in [0.25, 0.3) is 0 Å². The lowest BCUT2D eigenvalue weighted by Crippen LogP contribution is -2.44. The molecule has 4 aromatic rings. The smallest absolute Gasteiger partial charge is 0.461 e. The van der Waals surface area contributed by atoms with E-state index in [1.807, 2.05) is 12.1 Å². The standard InChI is InChI=1S/C36H35NO12/c38-20-29(39)24-44-33(40)30(37-34(41)45-21-25-10-4-1-5-11-25)18-28-16-17-31(48-35(42)46-22-26-12-6-2-7-13-26)32(19-28)49-36(43)47-23-27-14-8-3-9-15-27/h1-17,19,29-30,38-39H,18,20-24H2,(H,37,41)/t29-,30-/m0/s1. The molecule has 256 valence electrons. The number of carbonyl (C=O) groups excluding carboxylic acids is 4. The number of hydrogen-bond acceptors (Lipinski definition) is 12. The van der Waals surface area contributed by atoms with Crippen molar-refractivity contribution in [2.45, 2.75) is 38.4 Å². The molecule has 4 rings (SSSR count). The lowest BCUT2D eigenvalue weighted by molar-refractivity contribution is -0.149. The summed E-state index contributed by atoms with van der Waals surface area (Å²) in [5.74, 6) is -1.39. The Balaban J connectivity index is 1.50. The number of amides is 1. The normalized spacial score (nSPS) is 11.7. The Morgan fingerprint density at radius 1 is 0.592 bits per heavy atom. The van der Waals surface area contributed by atoms with Crippen molar-refractivity contribution >= 4 is 24.4 Å². The number of aliphatic hydroxyl groups is 2. The summed E-state index contributed by atoms with van der Waals surface area (Å²) in [5, 5.41) is 21.2. The van der Waals surface area contributed by atoms with E-state index in [-0.39, 0.29) is 37.7 Å². The minimum absolute atomic E-state index is 0.0755. The number of ether oxygens (including phenoxy) is 6. The second-order valence-corrected chi connectivity index (χ2v) is 10.5. The first-order valence-electron chi connectivity index (χ1n) is 15.1. The third kappa shape index (κ3) is 12.7. The third-order valence-corrected chi connectivity index (χ3v) is 6.65. The minimum Gasteiger partial charge on any atom is -0.461 e. The van der Waals surface area contributed by atoms with Gasteiger partial charge in [-0.05, 0) is 34.4 Å². The molecule has 2 atom stereocenters. The molecule has 0 aliphatic heterocycles. The van der Waals surface area contributed by atoms with Crippen LogP contribution in [0, 0.1) is 0 Å². The first-order chi connectivity index (χ1) is 23.8. The summed E-state index contributed by atoms with van der Waals surface area (Å²) in [6.07, 6.45) is -4.68. The van der Waals surface area contributed by atoms with Crippen molar-refractivity contribution in [3.63, 3.8) is 0 Å². The van der Waals surface area contributed by atoms with E-state index >= 15 is 0 Å². The second-order valence-electron chi connectivity index (χ2n) is 10.5. The fraction of sp³-hybridized carbons (Fsp3) is 0.222. The zero-order chi connectivity index (χ0) is 34.8. The summed E-state index contributed by atoms with van der Waals surface area (Å²) < 4.78 is 31.5. The molecule has 13 nitrogen and oxygen atoms in total. The highest BCUT2D eigenvalue weighted by Gasteiger charge is 2.26. The predicted molar refractivity (Wildman–Crippen MR) is 172 cm³/mol. The number of nitrogens with one attached hydrogen (secondary N) is 1. The van der Waals surface area contributed by atoms with Gasteiger partial charge in [0.1, 0.15) is 38.6 Å². The Kier molecular flexibility index (Phi) is 14.0. The Morgan fingerprint density at radius 2 is 1.08 bits per heavy atom. The highest BCUT2D eigenvalue weighted by atomic mass is 16.7. The summed E-state index contributed by atoms with van der Waals surface area (Å²) >= 11 is 0. The van der Waals surface area contributed by atoms with E-state index in [9.17, 15) is 24.3 Å². The molecular formula is C36H35NO12. The van der Waals surface area contributed by atoms with E-state index < -0.39 is 49.7 Å². The van der Waals surface area contributed by atoms with Crippen molar-refractivity contribution in [3.8, 4) is 11.5 Å². The van der Waals surface area contributed by atoms with Crippen LogP contribution in [0.4, 0.5) is 14.4 Å². The SMILES string of the molecule is O=C(N[C@@H](Cc1ccc(OC(=O)OCc2ccccc2)c(OC(=O)OCc2ccccc2)c1)C(=O)OC[C@@H](O)CO)OCc1ccccc1. The monoisotopic (exact) mass is 673 g/mol. The highest BCUT2D eigenvalue weighted by Crippen LogP contribution is 2.30. The molecule has 0 fully saturated rings. The largest absolute Gasteiger partial charge is 0.514 e. The van der Waals surface area contributed by atoms with Crippen molar-refractivity contribution < 1.29 is 57.8 Å². The van der Waals surface area contributed by atoms with E-state index in [2.05, 4.69) is 5.32 Å². The number of alkyl carbamates (subject to hydrolysis) is 1. The summed E-state index contributed by atoms with van der Waals surface area (Å²) in [4.78, 5) is 50.9. The molecule has 0 bridgehead atoms. The number of aliphatic hydroxyl groups excluding tert-OH is 2. The van der Waals surface area contributed by atoms with E-state index in [4.69, 9.17) is 33.5 Å². The van der Waals surface area contributed by atoms with Crippen LogP contribution in [-0.2, 0) is 50.0 Å². The minimum atomic E-state index is -1.35. The fourth-order valence-electron chi connectivity index (χ4n) is 4.18. The topological polar surface area (TPSA) is 176 Å². The van der Waals surface area contributed by atoms with Gasteiger partial charge in [-0.3, -0.25) is 0 Å². The lowest BCUT2D eigenvalue weighted by atomic mass is 10.1. The first kappa shape index (κ1) is 35.9. The van der Waals surface area contributed by atoms with Crippen LogP contribution >= 0.6 is 0 Å². The molecule has 3 N–H and O–H groups in total. The van der Waals surface area contributed by atoms with Crippen LogP contribution in [0.1, 0.15) is 22.3 Å². The van der Waals surface area contributed by atoms with Gasteiger partial charge in [-0.25, -0.2) is 19.2 Å². The summed E-state index contributed by atoms with van der Waals surface area (Å²) in [6, 6.07) is 29.4. The van der Waals surface area contributed by atoms with Gasteiger partial charge in [0.15, 0.2) is 11.5 Å².